The maximum Gasteiger partial charge on any atom is 0.231 e. The average Bonchev–Trinajstić information content (AvgIpc) is 3.16. The summed E-state index contributed by atoms with van der Waals surface area (Å²) in [5.41, 5.74) is 2.31. The van der Waals surface area contributed by atoms with E-state index in [1.165, 1.54) is 5.56 Å². The second-order valence-corrected chi connectivity index (χ2v) is 6.68. The summed E-state index contributed by atoms with van der Waals surface area (Å²) in [5.74, 6) is 2.22. The third kappa shape index (κ3) is 3.92. The molecule has 2 aliphatic rings. The number of likely N-dealkylation sites (tertiary alicyclic amines) is 1. The van der Waals surface area contributed by atoms with Crippen molar-refractivity contribution in [2.45, 2.75) is 32.1 Å². The molecule has 6 heteroatoms. The lowest BCUT2D eigenvalue weighted by Gasteiger charge is -2.32. The van der Waals surface area contributed by atoms with E-state index in [9.17, 15) is 0 Å². The van der Waals surface area contributed by atoms with E-state index in [-0.39, 0.29) is 6.79 Å². The number of fused-ring (bicyclic) bond motifs is 1. The largest absolute Gasteiger partial charge is 0.493 e. The topological polar surface area (TPSA) is 53.1 Å². The highest BCUT2D eigenvalue weighted by Gasteiger charge is 2.23. The van der Waals surface area contributed by atoms with Crippen molar-refractivity contribution in [2.24, 2.45) is 0 Å². The van der Waals surface area contributed by atoms with E-state index in [2.05, 4.69) is 22.0 Å². The van der Waals surface area contributed by atoms with Crippen molar-refractivity contribution in [1.29, 1.82) is 0 Å². The van der Waals surface area contributed by atoms with Crippen LogP contribution in [0.5, 0.6) is 17.2 Å². The molecule has 0 aliphatic carbocycles. The van der Waals surface area contributed by atoms with Crippen molar-refractivity contribution in [1.82, 2.24) is 9.88 Å². The van der Waals surface area contributed by atoms with Crippen LogP contribution in [0.3, 0.4) is 0 Å². The fourth-order valence-corrected chi connectivity index (χ4v) is 3.47. The first-order chi connectivity index (χ1) is 12.8. The van der Waals surface area contributed by atoms with Crippen LogP contribution < -0.4 is 14.2 Å². The van der Waals surface area contributed by atoms with Crippen LogP contribution in [0.2, 0.25) is 0 Å². The van der Waals surface area contributed by atoms with Crippen LogP contribution in [0, 0.1) is 0 Å². The average molecular weight is 356 g/mol. The Balaban J connectivity index is 1.29. The van der Waals surface area contributed by atoms with Gasteiger partial charge in [-0.3, -0.25) is 9.88 Å². The molecule has 0 atom stereocenters. The van der Waals surface area contributed by atoms with E-state index < -0.39 is 0 Å². The molecular formula is C20H24N2O4. The highest BCUT2D eigenvalue weighted by atomic mass is 16.7. The molecule has 4 rings (SSSR count). The lowest BCUT2D eigenvalue weighted by atomic mass is 10.1. The highest BCUT2D eigenvalue weighted by molar-refractivity contribution is 5.55. The zero-order valence-electron chi connectivity index (χ0n) is 15.0. The van der Waals surface area contributed by atoms with E-state index in [1.54, 1.807) is 13.3 Å². The Kier molecular flexibility index (Phi) is 5.22. The van der Waals surface area contributed by atoms with Crippen molar-refractivity contribution >= 4 is 0 Å². The molecule has 1 aromatic heterocycles. The Hall–Kier alpha value is -2.31. The second-order valence-electron chi connectivity index (χ2n) is 6.68. The highest BCUT2D eigenvalue weighted by Crippen LogP contribution is 2.42. The van der Waals surface area contributed by atoms with Gasteiger partial charge in [-0.05, 0) is 42.2 Å². The van der Waals surface area contributed by atoms with E-state index in [4.69, 9.17) is 18.9 Å². The van der Waals surface area contributed by atoms with Gasteiger partial charge in [0.1, 0.15) is 0 Å². The number of methoxy groups -OCH3 is 1. The van der Waals surface area contributed by atoms with Crippen molar-refractivity contribution < 1.29 is 18.9 Å². The van der Waals surface area contributed by atoms with Crippen LogP contribution in [0.25, 0.3) is 0 Å². The molecule has 1 aromatic carbocycles. The Morgan fingerprint density at radius 3 is 2.85 bits per heavy atom. The Bertz CT molecular complexity index is 730. The number of hydrogen-bond donors (Lipinski definition) is 0. The molecule has 2 aliphatic heterocycles. The number of nitrogens with zero attached hydrogens (tertiary/aromatic N) is 2. The molecule has 0 amide bonds. The van der Waals surface area contributed by atoms with Gasteiger partial charge in [-0.25, -0.2) is 0 Å². The molecule has 1 fully saturated rings. The van der Waals surface area contributed by atoms with E-state index >= 15 is 0 Å². The number of rotatable bonds is 6. The minimum absolute atomic E-state index is 0.259. The van der Waals surface area contributed by atoms with Gasteiger partial charge in [0.15, 0.2) is 11.5 Å². The van der Waals surface area contributed by atoms with Crippen molar-refractivity contribution in [3.05, 3.63) is 47.8 Å². The lowest BCUT2D eigenvalue weighted by Crippen LogP contribution is -2.36. The lowest BCUT2D eigenvalue weighted by molar-refractivity contribution is -0.00405. The van der Waals surface area contributed by atoms with Crippen LogP contribution in [-0.4, -0.2) is 43.0 Å². The third-order valence-electron chi connectivity index (χ3n) is 4.87. The molecule has 0 unspecified atom stereocenters. The number of aromatic nitrogens is 1. The molecule has 3 heterocycles. The molecule has 26 heavy (non-hydrogen) atoms. The molecule has 1 saturated heterocycles. The van der Waals surface area contributed by atoms with E-state index in [0.717, 1.165) is 49.5 Å². The summed E-state index contributed by atoms with van der Waals surface area (Å²) < 4.78 is 22.4. The first-order valence-electron chi connectivity index (χ1n) is 9.01. The van der Waals surface area contributed by atoms with Gasteiger partial charge < -0.3 is 18.9 Å². The molecular weight excluding hydrogens is 332 g/mol. The summed E-state index contributed by atoms with van der Waals surface area (Å²) in [5, 5.41) is 0. The zero-order chi connectivity index (χ0) is 17.8. The first kappa shape index (κ1) is 17.1. The van der Waals surface area contributed by atoms with Gasteiger partial charge in [-0.2, -0.15) is 0 Å². The van der Waals surface area contributed by atoms with Gasteiger partial charge in [0, 0.05) is 32.0 Å². The maximum atomic E-state index is 6.04. The summed E-state index contributed by atoms with van der Waals surface area (Å²) >= 11 is 0. The van der Waals surface area contributed by atoms with Crippen molar-refractivity contribution in [3.8, 4) is 17.2 Å². The number of hydrogen-bond acceptors (Lipinski definition) is 6. The smallest absolute Gasteiger partial charge is 0.231 e. The van der Waals surface area contributed by atoms with Crippen LogP contribution in [-0.2, 0) is 17.9 Å². The van der Waals surface area contributed by atoms with Crippen LogP contribution >= 0.6 is 0 Å². The second kappa shape index (κ2) is 7.93. The van der Waals surface area contributed by atoms with Crippen LogP contribution in [0.15, 0.2) is 36.7 Å². The normalized spacial score (nSPS) is 17.4. The number of benzene rings is 1. The molecule has 0 saturated carbocycles. The molecule has 0 N–H and O–H groups in total. The molecule has 6 nitrogen and oxygen atoms in total. The molecule has 0 spiro atoms. The Morgan fingerprint density at radius 1 is 1.19 bits per heavy atom. The molecule has 0 radical (unpaired) electrons. The summed E-state index contributed by atoms with van der Waals surface area (Å²) in [6, 6.07) is 8.09. The molecule has 138 valence electrons. The fourth-order valence-electron chi connectivity index (χ4n) is 3.47. The number of pyridine rings is 1. The van der Waals surface area contributed by atoms with Crippen molar-refractivity contribution in [2.75, 3.05) is 27.0 Å². The van der Waals surface area contributed by atoms with E-state index in [1.807, 2.05) is 18.3 Å². The van der Waals surface area contributed by atoms with Gasteiger partial charge >= 0.3 is 0 Å². The van der Waals surface area contributed by atoms with Gasteiger partial charge in [0.25, 0.3) is 0 Å². The van der Waals surface area contributed by atoms with E-state index in [0.29, 0.717) is 18.5 Å². The number of piperidine rings is 1. The van der Waals surface area contributed by atoms with Gasteiger partial charge in [-0.1, -0.05) is 6.07 Å². The van der Waals surface area contributed by atoms with Gasteiger partial charge in [0.05, 0.1) is 19.8 Å². The first-order valence-corrected chi connectivity index (χ1v) is 9.01. The summed E-state index contributed by atoms with van der Waals surface area (Å²) in [4.78, 5) is 6.57. The van der Waals surface area contributed by atoms with Crippen molar-refractivity contribution in [3.63, 3.8) is 0 Å². The van der Waals surface area contributed by atoms with Crippen LogP contribution in [0.1, 0.15) is 24.0 Å². The van der Waals surface area contributed by atoms with Gasteiger partial charge in [0.2, 0.25) is 12.5 Å². The predicted octanol–water partition coefficient (Wildman–Crippen LogP) is 3.00. The minimum atomic E-state index is 0.259. The SMILES string of the molecule is COc1cc(CN2CCC(OCc3cccnc3)CC2)cc2c1OCO2. The van der Waals surface area contributed by atoms with Gasteiger partial charge in [-0.15, -0.1) is 0 Å². The summed E-state index contributed by atoms with van der Waals surface area (Å²) in [6.07, 6.45) is 6.05. The fraction of sp³-hybridized carbons (Fsp3) is 0.450. The zero-order valence-corrected chi connectivity index (χ0v) is 15.0. The Labute approximate surface area is 153 Å². The third-order valence-corrected chi connectivity index (χ3v) is 4.87. The Morgan fingerprint density at radius 2 is 2.08 bits per heavy atom. The monoisotopic (exact) mass is 356 g/mol. The summed E-state index contributed by atoms with van der Waals surface area (Å²) in [7, 11) is 1.66. The quantitative estimate of drug-likeness (QED) is 0.793. The van der Waals surface area contributed by atoms with Crippen LogP contribution in [0.4, 0.5) is 0 Å². The number of ether oxygens (including phenoxy) is 4. The predicted molar refractivity (Wildman–Crippen MR) is 96.4 cm³/mol. The summed E-state index contributed by atoms with van der Waals surface area (Å²) in [6.45, 7) is 3.82. The minimum Gasteiger partial charge on any atom is -0.493 e. The molecule has 0 bridgehead atoms. The maximum absolute atomic E-state index is 6.04. The standard InChI is InChI=1S/C20H24N2O4/c1-23-18-9-16(10-19-20(18)26-14-25-19)12-22-7-4-17(5-8-22)24-13-15-3-2-6-21-11-15/h2-3,6,9-11,17H,4-5,7-8,12-14H2,1H3. The molecule has 2 aromatic rings.